The molecule has 1 aromatic heterocycles. The first kappa shape index (κ1) is 16.9. The number of nitrogens with one attached hydrogen (secondary N) is 3. The summed E-state index contributed by atoms with van der Waals surface area (Å²) in [5.41, 5.74) is 3.29. The van der Waals surface area contributed by atoms with Crippen LogP contribution in [0.2, 0.25) is 0 Å². The minimum absolute atomic E-state index is 0.168. The van der Waals surface area contributed by atoms with Gasteiger partial charge in [0.25, 0.3) is 5.91 Å². The van der Waals surface area contributed by atoms with Crippen LogP contribution < -0.4 is 10.6 Å². The quantitative estimate of drug-likeness (QED) is 0.612. The van der Waals surface area contributed by atoms with Crippen LogP contribution in [0.15, 0.2) is 54.7 Å². The van der Waals surface area contributed by atoms with Crippen molar-refractivity contribution in [3.05, 3.63) is 71.7 Å². The number of hydrogen-bond donors (Lipinski definition) is 3. The summed E-state index contributed by atoms with van der Waals surface area (Å²) in [6, 6.07) is 16.5. The topological polar surface area (TPSA) is 119 Å². The first-order chi connectivity index (χ1) is 12.7. The number of anilines is 2. The summed E-state index contributed by atoms with van der Waals surface area (Å²) in [4.78, 5) is 12.2. The lowest BCUT2D eigenvalue weighted by atomic mass is 10.1. The van der Waals surface area contributed by atoms with Crippen LogP contribution in [0.5, 0.6) is 0 Å². The lowest BCUT2D eigenvalue weighted by Crippen LogP contribution is -2.11. The fourth-order valence-electron chi connectivity index (χ4n) is 2.22. The Hall–Kier alpha value is -3.99. The van der Waals surface area contributed by atoms with Gasteiger partial charge >= 0.3 is 0 Å². The zero-order chi connectivity index (χ0) is 18.4. The molecular weight excluding hydrogens is 330 g/mol. The Labute approximate surface area is 149 Å². The summed E-state index contributed by atoms with van der Waals surface area (Å²) in [7, 11) is 0. The monoisotopic (exact) mass is 345 g/mol. The molecule has 128 valence electrons. The van der Waals surface area contributed by atoms with Crippen LogP contribution in [-0.2, 0) is 0 Å². The molecule has 3 rings (SSSR count). The van der Waals surface area contributed by atoms with E-state index in [-0.39, 0.29) is 17.3 Å². The molecule has 0 atom stereocenters. The predicted molar refractivity (Wildman–Crippen MR) is 97.0 cm³/mol. The third kappa shape index (κ3) is 4.10. The minimum Gasteiger partial charge on any atom is -0.360 e. The summed E-state index contributed by atoms with van der Waals surface area (Å²) in [5, 5.41) is 28.2. The lowest BCUT2D eigenvalue weighted by molar-refractivity contribution is 0.102. The van der Waals surface area contributed by atoms with Gasteiger partial charge in [-0.25, -0.2) is 0 Å². The lowest BCUT2D eigenvalue weighted by Gasteiger charge is -2.07. The van der Waals surface area contributed by atoms with Gasteiger partial charge in [-0.3, -0.25) is 4.79 Å². The second-order valence-corrected chi connectivity index (χ2v) is 5.45. The molecule has 3 N–H and O–H groups in total. The number of allylic oxidation sites excluding steroid dienone is 1. The van der Waals surface area contributed by atoms with Crippen molar-refractivity contribution in [3.63, 3.8) is 0 Å². The Morgan fingerprint density at radius 3 is 2.62 bits per heavy atom. The van der Waals surface area contributed by atoms with Crippen LogP contribution in [0.25, 0.3) is 5.57 Å². The SMILES string of the molecule is Cc1cccc(C(=O)Nc2ccc(NC=C(C#N)c3nn[nH]n3)cc2)c1. The molecular formula is C18H15N7O. The maximum Gasteiger partial charge on any atom is 0.255 e. The first-order valence-corrected chi connectivity index (χ1v) is 7.74. The highest BCUT2D eigenvalue weighted by Gasteiger charge is 2.07. The van der Waals surface area contributed by atoms with E-state index in [1.807, 2.05) is 31.2 Å². The van der Waals surface area contributed by atoms with Crippen LogP contribution in [-0.4, -0.2) is 26.5 Å². The average Bonchev–Trinajstić information content (AvgIpc) is 3.18. The second kappa shape index (κ2) is 7.72. The van der Waals surface area contributed by atoms with Crippen LogP contribution >= 0.6 is 0 Å². The van der Waals surface area contributed by atoms with Crippen LogP contribution in [0.1, 0.15) is 21.7 Å². The minimum atomic E-state index is -0.168. The molecule has 8 heteroatoms. The number of carbonyl (C=O) groups excluding carboxylic acids is 1. The van der Waals surface area contributed by atoms with Gasteiger partial charge in [0.2, 0.25) is 5.82 Å². The fourth-order valence-corrected chi connectivity index (χ4v) is 2.22. The molecule has 0 bridgehead atoms. The maximum atomic E-state index is 12.2. The van der Waals surface area contributed by atoms with E-state index < -0.39 is 0 Å². The molecule has 0 fully saturated rings. The molecule has 2 aromatic carbocycles. The highest BCUT2D eigenvalue weighted by molar-refractivity contribution is 6.04. The standard InChI is InChI=1S/C18H15N7O/c1-12-3-2-4-13(9-12)18(26)21-16-7-5-15(6-8-16)20-11-14(10-19)17-22-24-25-23-17/h2-9,11,20H,1H3,(H,21,26)(H,22,23,24,25). The highest BCUT2D eigenvalue weighted by atomic mass is 16.1. The number of nitrogens with zero attached hydrogens (tertiary/aromatic N) is 4. The van der Waals surface area contributed by atoms with Crippen molar-refractivity contribution in [2.24, 2.45) is 0 Å². The Morgan fingerprint density at radius 2 is 1.96 bits per heavy atom. The van der Waals surface area contributed by atoms with Gasteiger partial charge in [-0.15, -0.1) is 10.2 Å². The summed E-state index contributed by atoms with van der Waals surface area (Å²) in [6.45, 7) is 1.94. The van der Waals surface area contributed by atoms with E-state index in [1.165, 1.54) is 6.20 Å². The summed E-state index contributed by atoms with van der Waals surface area (Å²) >= 11 is 0. The van der Waals surface area contributed by atoms with Gasteiger partial charge in [0.1, 0.15) is 11.6 Å². The van der Waals surface area contributed by atoms with Gasteiger partial charge < -0.3 is 10.6 Å². The van der Waals surface area contributed by atoms with E-state index in [1.54, 1.807) is 30.3 Å². The number of benzene rings is 2. The summed E-state index contributed by atoms with van der Waals surface area (Å²) in [5.74, 6) is 0.0419. The Morgan fingerprint density at radius 1 is 1.19 bits per heavy atom. The number of aromatic amines is 1. The predicted octanol–water partition coefficient (Wildman–Crippen LogP) is 2.74. The molecule has 0 saturated carbocycles. The Bertz CT molecular complexity index is 970. The molecule has 1 amide bonds. The molecule has 3 aromatic rings. The second-order valence-electron chi connectivity index (χ2n) is 5.45. The van der Waals surface area contributed by atoms with Gasteiger partial charge in [0.05, 0.1) is 0 Å². The van der Waals surface area contributed by atoms with Crippen LogP contribution in [0.3, 0.4) is 0 Å². The van der Waals surface area contributed by atoms with Gasteiger partial charge in [0.15, 0.2) is 0 Å². The third-order valence-corrected chi connectivity index (χ3v) is 3.51. The van der Waals surface area contributed by atoms with Crippen molar-refractivity contribution in [1.29, 1.82) is 5.26 Å². The van der Waals surface area contributed by atoms with Crippen LogP contribution in [0.4, 0.5) is 11.4 Å². The molecule has 0 radical (unpaired) electrons. The largest absolute Gasteiger partial charge is 0.360 e. The first-order valence-electron chi connectivity index (χ1n) is 7.74. The molecule has 26 heavy (non-hydrogen) atoms. The number of hydrogen-bond acceptors (Lipinski definition) is 6. The van der Waals surface area contributed by atoms with E-state index in [4.69, 9.17) is 5.26 Å². The van der Waals surface area contributed by atoms with Gasteiger partial charge in [-0.1, -0.05) is 17.7 Å². The number of amides is 1. The molecule has 0 unspecified atom stereocenters. The normalized spacial score (nSPS) is 10.8. The maximum absolute atomic E-state index is 12.2. The third-order valence-electron chi connectivity index (χ3n) is 3.51. The van der Waals surface area contributed by atoms with Crippen molar-refractivity contribution >= 4 is 22.9 Å². The summed E-state index contributed by atoms with van der Waals surface area (Å²) < 4.78 is 0. The molecule has 8 nitrogen and oxygen atoms in total. The molecule has 0 aliphatic heterocycles. The molecule has 0 aliphatic rings. The molecule has 0 spiro atoms. The van der Waals surface area contributed by atoms with Gasteiger partial charge in [-0.05, 0) is 48.5 Å². The van der Waals surface area contributed by atoms with Gasteiger partial charge in [-0.2, -0.15) is 10.5 Å². The average molecular weight is 345 g/mol. The van der Waals surface area contributed by atoms with Crippen LogP contribution in [0, 0.1) is 18.3 Å². The molecule has 0 saturated heterocycles. The van der Waals surface area contributed by atoms with Crippen molar-refractivity contribution in [3.8, 4) is 6.07 Å². The number of nitriles is 1. The van der Waals surface area contributed by atoms with E-state index >= 15 is 0 Å². The number of aryl methyl sites for hydroxylation is 1. The van der Waals surface area contributed by atoms with E-state index in [0.717, 1.165) is 11.3 Å². The Kier molecular flexibility index (Phi) is 5.00. The van der Waals surface area contributed by atoms with Crippen molar-refractivity contribution in [2.75, 3.05) is 10.6 Å². The van der Waals surface area contributed by atoms with Crippen molar-refractivity contribution in [1.82, 2.24) is 20.6 Å². The Balaban J connectivity index is 1.65. The molecule has 0 aliphatic carbocycles. The van der Waals surface area contributed by atoms with E-state index in [9.17, 15) is 4.79 Å². The smallest absolute Gasteiger partial charge is 0.255 e. The highest BCUT2D eigenvalue weighted by Crippen LogP contribution is 2.16. The van der Waals surface area contributed by atoms with Crippen molar-refractivity contribution in [2.45, 2.75) is 6.92 Å². The van der Waals surface area contributed by atoms with Crippen molar-refractivity contribution < 1.29 is 4.79 Å². The number of aromatic nitrogens is 4. The van der Waals surface area contributed by atoms with E-state index in [2.05, 4.69) is 31.3 Å². The number of rotatable bonds is 5. The molecule has 1 heterocycles. The zero-order valence-corrected chi connectivity index (χ0v) is 13.9. The van der Waals surface area contributed by atoms with Gasteiger partial charge in [0, 0.05) is 23.1 Å². The number of carbonyl (C=O) groups is 1. The fraction of sp³-hybridized carbons (Fsp3) is 0.0556. The summed E-state index contributed by atoms with van der Waals surface area (Å²) in [6.07, 6.45) is 1.49. The zero-order valence-electron chi connectivity index (χ0n) is 13.9. The number of H-pyrrole nitrogens is 1. The number of tetrazole rings is 1. The van der Waals surface area contributed by atoms with E-state index in [0.29, 0.717) is 11.3 Å².